The van der Waals surface area contributed by atoms with E-state index in [1.54, 1.807) is 21.3 Å². The average molecular weight is 148 g/mol. The van der Waals surface area contributed by atoms with Gasteiger partial charge in [-0.1, -0.05) is 0 Å². The van der Waals surface area contributed by atoms with Crippen LogP contribution in [-0.2, 0) is 14.2 Å². The van der Waals surface area contributed by atoms with Crippen molar-refractivity contribution in [1.29, 1.82) is 0 Å². The third-order valence-corrected chi connectivity index (χ3v) is 1.39. The van der Waals surface area contributed by atoms with Crippen LogP contribution in [0.25, 0.3) is 0 Å². The highest BCUT2D eigenvalue weighted by Gasteiger charge is 2.22. The van der Waals surface area contributed by atoms with Gasteiger partial charge in [-0.15, -0.1) is 0 Å². The van der Waals surface area contributed by atoms with Crippen molar-refractivity contribution < 1.29 is 14.2 Å². The van der Waals surface area contributed by atoms with Crippen molar-refractivity contribution in [2.75, 3.05) is 34.5 Å². The molecular weight excluding hydrogens is 132 g/mol. The van der Waals surface area contributed by atoms with Crippen LogP contribution in [0.5, 0.6) is 0 Å². The lowest BCUT2D eigenvalue weighted by Gasteiger charge is -2.25. The molecule has 0 bridgehead atoms. The zero-order valence-electron chi connectivity index (χ0n) is 7.14. The van der Waals surface area contributed by atoms with Gasteiger partial charge in [0.1, 0.15) is 5.60 Å². The van der Waals surface area contributed by atoms with Gasteiger partial charge in [-0.2, -0.15) is 0 Å². The van der Waals surface area contributed by atoms with Crippen LogP contribution in [0, 0.1) is 0 Å². The van der Waals surface area contributed by atoms with Gasteiger partial charge in [0.2, 0.25) is 0 Å². The Morgan fingerprint density at radius 3 is 1.60 bits per heavy atom. The maximum Gasteiger partial charge on any atom is 0.111 e. The zero-order valence-corrected chi connectivity index (χ0v) is 7.14. The second-order valence-electron chi connectivity index (χ2n) is 2.52. The SMILES string of the molecule is COCC(C)(COC)OC. The van der Waals surface area contributed by atoms with E-state index in [1.165, 1.54) is 0 Å². The van der Waals surface area contributed by atoms with Crippen molar-refractivity contribution >= 4 is 0 Å². The lowest BCUT2D eigenvalue weighted by atomic mass is 10.1. The van der Waals surface area contributed by atoms with Crippen LogP contribution in [0.4, 0.5) is 0 Å². The number of rotatable bonds is 5. The van der Waals surface area contributed by atoms with E-state index in [4.69, 9.17) is 14.2 Å². The molecule has 62 valence electrons. The molecule has 0 aliphatic heterocycles. The summed E-state index contributed by atoms with van der Waals surface area (Å²) in [6, 6.07) is 0. The van der Waals surface area contributed by atoms with E-state index in [1.807, 2.05) is 6.92 Å². The molecule has 0 heterocycles. The van der Waals surface area contributed by atoms with Gasteiger partial charge < -0.3 is 14.2 Å². The summed E-state index contributed by atoms with van der Waals surface area (Å²) >= 11 is 0. The smallest absolute Gasteiger partial charge is 0.111 e. The first kappa shape index (κ1) is 9.88. The van der Waals surface area contributed by atoms with Gasteiger partial charge in [0.15, 0.2) is 0 Å². The van der Waals surface area contributed by atoms with Crippen LogP contribution in [0.1, 0.15) is 6.92 Å². The summed E-state index contributed by atoms with van der Waals surface area (Å²) in [6.07, 6.45) is 0. The zero-order chi connectivity index (χ0) is 8.04. The fraction of sp³-hybridized carbons (Fsp3) is 1.00. The molecule has 0 unspecified atom stereocenters. The van der Waals surface area contributed by atoms with Gasteiger partial charge in [-0.25, -0.2) is 0 Å². The molecule has 10 heavy (non-hydrogen) atoms. The molecule has 3 heteroatoms. The number of hydrogen-bond donors (Lipinski definition) is 0. The van der Waals surface area contributed by atoms with Crippen molar-refractivity contribution in [2.45, 2.75) is 12.5 Å². The highest BCUT2D eigenvalue weighted by Crippen LogP contribution is 2.08. The van der Waals surface area contributed by atoms with Crippen molar-refractivity contribution in [2.24, 2.45) is 0 Å². The second kappa shape index (κ2) is 4.66. The van der Waals surface area contributed by atoms with Gasteiger partial charge in [0, 0.05) is 21.3 Å². The molecule has 0 N–H and O–H groups in total. The molecule has 0 aromatic heterocycles. The van der Waals surface area contributed by atoms with Crippen molar-refractivity contribution in [3.05, 3.63) is 0 Å². The Labute approximate surface area is 62.3 Å². The van der Waals surface area contributed by atoms with E-state index in [9.17, 15) is 0 Å². The third-order valence-electron chi connectivity index (χ3n) is 1.39. The third kappa shape index (κ3) is 3.15. The highest BCUT2D eigenvalue weighted by molar-refractivity contribution is 4.72. The molecule has 0 aliphatic carbocycles. The Kier molecular flexibility index (Phi) is 4.60. The highest BCUT2D eigenvalue weighted by atomic mass is 16.6. The molecule has 0 radical (unpaired) electrons. The van der Waals surface area contributed by atoms with E-state index in [2.05, 4.69) is 0 Å². The second-order valence-corrected chi connectivity index (χ2v) is 2.52. The van der Waals surface area contributed by atoms with Gasteiger partial charge in [-0.3, -0.25) is 0 Å². The molecule has 0 aliphatic rings. The van der Waals surface area contributed by atoms with Crippen LogP contribution in [0.3, 0.4) is 0 Å². The van der Waals surface area contributed by atoms with E-state index >= 15 is 0 Å². The predicted octanol–water partition coefficient (Wildman–Crippen LogP) is 0.684. The van der Waals surface area contributed by atoms with E-state index < -0.39 is 0 Å². The molecule has 0 saturated carbocycles. The van der Waals surface area contributed by atoms with Gasteiger partial charge in [-0.05, 0) is 6.92 Å². The summed E-state index contributed by atoms with van der Waals surface area (Å²) in [6.45, 7) is 3.05. The Hall–Kier alpha value is -0.120. The normalized spacial score (nSPS) is 12.0. The van der Waals surface area contributed by atoms with Crippen LogP contribution < -0.4 is 0 Å². The summed E-state index contributed by atoms with van der Waals surface area (Å²) in [5, 5.41) is 0. The molecule has 0 atom stereocenters. The topological polar surface area (TPSA) is 27.7 Å². The Morgan fingerprint density at radius 1 is 1.00 bits per heavy atom. The quantitative estimate of drug-likeness (QED) is 0.574. The molecule has 0 aromatic carbocycles. The number of hydrogen-bond acceptors (Lipinski definition) is 3. The first-order chi connectivity index (χ1) is 4.68. The molecule has 0 spiro atoms. The van der Waals surface area contributed by atoms with E-state index in [0.29, 0.717) is 13.2 Å². The summed E-state index contributed by atoms with van der Waals surface area (Å²) in [7, 11) is 4.94. The van der Waals surface area contributed by atoms with Crippen LogP contribution in [0.2, 0.25) is 0 Å². The maximum absolute atomic E-state index is 5.17. The molecule has 3 nitrogen and oxygen atoms in total. The first-order valence-corrected chi connectivity index (χ1v) is 3.21. The fourth-order valence-corrected chi connectivity index (χ4v) is 0.770. The standard InChI is InChI=1S/C7H16O3/c1-7(10-4,5-8-2)6-9-3/h5-6H2,1-4H3. The molecule has 0 aromatic rings. The minimum absolute atomic E-state index is 0.302. The largest absolute Gasteiger partial charge is 0.382 e. The monoisotopic (exact) mass is 148 g/mol. The first-order valence-electron chi connectivity index (χ1n) is 3.21. The van der Waals surface area contributed by atoms with Crippen LogP contribution >= 0.6 is 0 Å². The number of ether oxygens (including phenoxy) is 3. The minimum Gasteiger partial charge on any atom is -0.382 e. The molecule has 0 fully saturated rings. The van der Waals surface area contributed by atoms with Gasteiger partial charge in [0.25, 0.3) is 0 Å². The van der Waals surface area contributed by atoms with Crippen molar-refractivity contribution in [3.63, 3.8) is 0 Å². The van der Waals surface area contributed by atoms with Gasteiger partial charge in [0.05, 0.1) is 13.2 Å². The van der Waals surface area contributed by atoms with Crippen molar-refractivity contribution in [1.82, 2.24) is 0 Å². The lowest BCUT2D eigenvalue weighted by Crippen LogP contribution is -2.37. The lowest BCUT2D eigenvalue weighted by molar-refractivity contribution is -0.0906. The molecule has 0 rings (SSSR count). The molecule has 0 saturated heterocycles. The number of methoxy groups -OCH3 is 3. The minimum atomic E-state index is -0.302. The summed E-state index contributed by atoms with van der Waals surface area (Å²) in [4.78, 5) is 0. The Morgan fingerprint density at radius 2 is 1.40 bits per heavy atom. The van der Waals surface area contributed by atoms with Crippen LogP contribution in [0.15, 0.2) is 0 Å². The maximum atomic E-state index is 5.17. The average Bonchev–Trinajstić information content (AvgIpc) is 1.89. The Balaban J connectivity index is 3.69. The predicted molar refractivity (Wildman–Crippen MR) is 39.2 cm³/mol. The fourth-order valence-electron chi connectivity index (χ4n) is 0.770. The summed E-state index contributed by atoms with van der Waals surface area (Å²) in [5.41, 5.74) is -0.302. The molecule has 0 amide bonds. The van der Waals surface area contributed by atoms with E-state index in [-0.39, 0.29) is 5.60 Å². The molecular formula is C7H16O3. The van der Waals surface area contributed by atoms with Crippen molar-refractivity contribution in [3.8, 4) is 0 Å². The Bertz CT molecular complexity index is 76.9. The summed E-state index contributed by atoms with van der Waals surface area (Å²) < 4.78 is 15.1. The summed E-state index contributed by atoms with van der Waals surface area (Å²) in [5.74, 6) is 0. The van der Waals surface area contributed by atoms with Gasteiger partial charge >= 0.3 is 0 Å². The van der Waals surface area contributed by atoms with Crippen LogP contribution in [-0.4, -0.2) is 40.1 Å². The van der Waals surface area contributed by atoms with E-state index in [0.717, 1.165) is 0 Å².